The Morgan fingerprint density at radius 1 is 1.21 bits per heavy atom. The molecule has 0 bridgehead atoms. The van der Waals surface area contributed by atoms with E-state index in [1.54, 1.807) is 19.0 Å². The Balaban J connectivity index is 0.00000208. The standard InChI is InChI=1S/C19H25N3O.ClH/c1-22(2)19(23)16-11-18(14-9-7-13(12-20)8-10-14)21-17-6-4-3-5-15(16)17;/h3-6,11,13-14H,7-10,12,20H2,1-2H3;1H. The third-order valence-electron chi connectivity index (χ3n) is 4.97. The molecular weight excluding hydrogens is 322 g/mol. The number of hydrogen-bond donors (Lipinski definition) is 1. The quantitative estimate of drug-likeness (QED) is 0.923. The van der Waals surface area contributed by atoms with E-state index >= 15 is 0 Å². The van der Waals surface area contributed by atoms with Crippen LogP contribution in [0.2, 0.25) is 0 Å². The van der Waals surface area contributed by atoms with E-state index in [-0.39, 0.29) is 18.3 Å². The third kappa shape index (κ3) is 3.70. The summed E-state index contributed by atoms with van der Waals surface area (Å²) in [6.45, 7) is 0.780. The molecule has 1 fully saturated rings. The highest BCUT2D eigenvalue weighted by Gasteiger charge is 2.24. The molecule has 1 aromatic heterocycles. The highest BCUT2D eigenvalue weighted by Crippen LogP contribution is 2.36. The molecule has 3 rings (SSSR count). The summed E-state index contributed by atoms with van der Waals surface area (Å²) in [6, 6.07) is 9.93. The van der Waals surface area contributed by atoms with Crippen molar-refractivity contribution in [3.63, 3.8) is 0 Å². The number of benzene rings is 1. The van der Waals surface area contributed by atoms with E-state index in [2.05, 4.69) is 0 Å². The van der Waals surface area contributed by atoms with Crippen LogP contribution in [0, 0.1) is 5.92 Å². The fourth-order valence-corrected chi connectivity index (χ4v) is 3.52. The predicted molar refractivity (Wildman–Crippen MR) is 101 cm³/mol. The number of fused-ring (bicyclic) bond motifs is 1. The molecule has 1 saturated carbocycles. The van der Waals surface area contributed by atoms with Crippen LogP contribution in [0.3, 0.4) is 0 Å². The largest absolute Gasteiger partial charge is 0.345 e. The van der Waals surface area contributed by atoms with Crippen LogP contribution in [0.15, 0.2) is 30.3 Å². The van der Waals surface area contributed by atoms with Crippen LogP contribution in [0.25, 0.3) is 10.9 Å². The number of carbonyl (C=O) groups excluding carboxylic acids is 1. The molecule has 1 amide bonds. The number of nitrogens with zero attached hydrogens (tertiary/aromatic N) is 2. The second-order valence-electron chi connectivity index (χ2n) is 6.76. The number of rotatable bonds is 3. The lowest BCUT2D eigenvalue weighted by molar-refractivity contribution is 0.0829. The Morgan fingerprint density at radius 3 is 2.50 bits per heavy atom. The molecule has 0 spiro atoms. The summed E-state index contributed by atoms with van der Waals surface area (Å²) < 4.78 is 0. The monoisotopic (exact) mass is 347 g/mol. The number of aromatic nitrogens is 1. The average molecular weight is 348 g/mol. The fourth-order valence-electron chi connectivity index (χ4n) is 3.52. The third-order valence-corrected chi connectivity index (χ3v) is 4.97. The molecule has 0 radical (unpaired) electrons. The zero-order valence-electron chi connectivity index (χ0n) is 14.4. The Morgan fingerprint density at radius 2 is 1.88 bits per heavy atom. The molecule has 0 unspecified atom stereocenters. The van der Waals surface area contributed by atoms with Crippen LogP contribution in [-0.2, 0) is 0 Å². The van der Waals surface area contributed by atoms with E-state index in [0.29, 0.717) is 11.8 Å². The first-order valence-electron chi connectivity index (χ1n) is 8.41. The summed E-state index contributed by atoms with van der Waals surface area (Å²) in [7, 11) is 3.59. The molecule has 2 aromatic rings. The van der Waals surface area contributed by atoms with Gasteiger partial charge in [0, 0.05) is 31.1 Å². The lowest BCUT2D eigenvalue weighted by Gasteiger charge is -2.27. The molecule has 0 aliphatic heterocycles. The predicted octanol–water partition coefficient (Wildman–Crippen LogP) is 3.59. The van der Waals surface area contributed by atoms with Gasteiger partial charge in [-0.05, 0) is 50.3 Å². The van der Waals surface area contributed by atoms with Crippen molar-refractivity contribution in [1.29, 1.82) is 0 Å². The zero-order chi connectivity index (χ0) is 16.4. The van der Waals surface area contributed by atoms with Crippen molar-refractivity contribution in [3.05, 3.63) is 41.6 Å². The van der Waals surface area contributed by atoms with Crippen molar-refractivity contribution in [3.8, 4) is 0 Å². The van der Waals surface area contributed by atoms with Gasteiger partial charge >= 0.3 is 0 Å². The van der Waals surface area contributed by atoms with Gasteiger partial charge in [0.15, 0.2) is 0 Å². The highest BCUT2D eigenvalue weighted by atomic mass is 35.5. The first-order valence-corrected chi connectivity index (χ1v) is 8.41. The summed E-state index contributed by atoms with van der Waals surface area (Å²) in [5, 5.41) is 0.936. The second kappa shape index (κ2) is 7.95. The first-order chi connectivity index (χ1) is 11.1. The zero-order valence-corrected chi connectivity index (χ0v) is 15.2. The van der Waals surface area contributed by atoms with Crippen molar-refractivity contribution >= 4 is 29.2 Å². The number of hydrogen-bond acceptors (Lipinski definition) is 3. The molecule has 1 heterocycles. The summed E-state index contributed by atoms with van der Waals surface area (Å²) >= 11 is 0. The van der Waals surface area contributed by atoms with Gasteiger partial charge in [-0.15, -0.1) is 12.4 Å². The SMILES string of the molecule is CN(C)C(=O)c1cc(C2CCC(CN)CC2)nc2ccccc12.Cl. The van der Waals surface area contributed by atoms with Crippen molar-refractivity contribution in [2.24, 2.45) is 11.7 Å². The average Bonchev–Trinajstić information content (AvgIpc) is 2.60. The van der Waals surface area contributed by atoms with Crippen LogP contribution >= 0.6 is 12.4 Å². The van der Waals surface area contributed by atoms with E-state index in [0.717, 1.165) is 54.4 Å². The maximum Gasteiger partial charge on any atom is 0.254 e. The Kier molecular flexibility index (Phi) is 6.19. The topological polar surface area (TPSA) is 59.2 Å². The van der Waals surface area contributed by atoms with Gasteiger partial charge in [-0.2, -0.15) is 0 Å². The molecule has 130 valence electrons. The van der Waals surface area contributed by atoms with Crippen LogP contribution in [0.5, 0.6) is 0 Å². The van der Waals surface area contributed by atoms with E-state index in [4.69, 9.17) is 10.7 Å². The van der Waals surface area contributed by atoms with Crippen molar-refractivity contribution < 1.29 is 4.79 Å². The van der Waals surface area contributed by atoms with Crippen molar-refractivity contribution in [2.75, 3.05) is 20.6 Å². The van der Waals surface area contributed by atoms with Gasteiger partial charge in [-0.25, -0.2) is 0 Å². The van der Waals surface area contributed by atoms with Crippen LogP contribution in [0.4, 0.5) is 0 Å². The Labute approximate surface area is 149 Å². The molecule has 0 saturated heterocycles. The number of halogens is 1. The molecule has 0 atom stereocenters. The van der Waals surface area contributed by atoms with Gasteiger partial charge < -0.3 is 10.6 Å². The first kappa shape index (κ1) is 18.7. The van der Waals surface area contributed by atoms with Crippen molar-refractivity contribution in [2.45, 2.75) is 31.6 Å². The number of pyridine rings is 1. The van der Waals surface area contributed by atoms with Crippen LogP contribution < -0.4 is 5.73 Å². The smallest absolute Gasteiger partial charge is 0.254 e. The lowest BCUT2D eigenvalue weighted by atomic mass is 9.80. The normalized spacial score (nSPS) is 20.5. The summed E-state index contributed by atoms with van der Waals surface area (Å²) in [5.74, 6) is 1.13. The van der Waals surface area contributed by atoms with Gasteiger partial charge in [0.2, 0.25) is 0 Å². The molecule has 1 aliphatic carbocycles. The van der Waals surface area contributed by atoms with E-state index in [1.165, 1.54) is 0 Å². The minimum atomic E-state index is 0. The highest BCUT2D eigenvalue weighted by molar-refractivity contribution is 6.06. The maximum absolute atomic E-state index is 12.6. The Hall–Kier alpha value is -1.65. The molecule has 2 N–H and O–H groups in total. The minimum absolute atomic E-state index is 0. The van der Waals surface area contributed by atoms with E-state index in [9.17, 15) is 4.79 Å². The minimum Gasteiger partial charge on any atom is -0.345 e. The van der Waals surface area contributed by atoms with E-state index in [1.807, 2.05) is 30.3 Å². The molecule has 1 aromatic carbocycles. The van der Waals surface area contributed by atoms with Gasteiger partial charge in [0.25, 0.3) is 5.91 Å². The molecule has 5 heteroatoms. The summed E-state index contributed by atoms with van der Waals surface area (Å²) in [4.78, 5) is 19.1. The van der Waals surface area contributed by atoms with Gasteiger partial charge in [-0.3, -0.25) is 9.78 Å². The summed E-state index contributed by atoms with van der Waals surface area (Å²) in [6.07, 6.45) is 4.55. The van der Waals surface area contributed by atoms with Crippen molar-refractivity contribution in [1.82, 2.24) is 9.88 Å². The van der Waals surface area contributed by atoms with Crippen LogP contribution in [0.1, 0.15) is 47.7 Å². The van der Waals surface area contributed by atoms with E-state index < -0.39 is 0 Å². The van der Waals surface area contributed by atoms with Gasteiger partial charge in [-0.1, -0.05) is 18.2 Å². The number of nitrogens with two attached hydrogens (primary N) is 1. The summed E-state index contributed by atoms with van der Waals surface area (Å²) in [5.41, 5.74) is 8.53. The van der Waals surface area contributed by atoms with Crippen LogP contribution in [-0.4, -0.2) is 36.4 Å². The molecule has 4 nitrogen and oxygen atoms in total. The van der Waals surface area contributed by atoms with Gasteiger partial charge in [0.05, 0.1) is 11.1 Å². The number of carbonyl (C=O) groups is 1. The fraction of sp³-hybridized carbons (Fsp3) is 0.474. The lowest BCUT2D eigenvalue weighted by Crippen LogP contribution is -2.23. The number of amides is 1. The molecule has 1 aliphatic rings. The number of para-hydroxylation sites is 1. The Bertz CT molecular complexity index is 709. The molecular formula is C19H26ClN3O. The molecule has 24 heavy (non-hydrogen) atoms. The van der Waals surface area contributed by atoms with Gasteiger partial charge in [0.1, 0.15) is 0 Å². The second-order valence-corrected chi connectivity index (χ2v) is 6.76. The maximum atomic E-state index is 12.6.